The zero-order valence-corrected chi connectivity index (χ0v) is 21.7. The molecule has 1 aliphatic heterocycles. The number of ether oxygens (including phenoxy) is 2. The van der Waals surface area contributed by atoms with Gasteiger partial charge in [0.2, 0.25) is 0 Å². The van der Waals surface area contributed by atoms with Crippen LogP contribution in [0.5, 0.6) is 5.75 Å². The highest BCUT2D eigenvalue weighted by molar-refractivity contribution is 5.90. The van der Waals surface area contributed by atoms with Gasteiger partial charge >= 0.3 is 12.1 Å². The molecule has 2 fully saturated rings. The minimum absolute atomic E-state index is 0.126. The largest absolute Gasteiger partial charge is 0.492 e. The summed E-state index contributed by atoms with van der Waals surface area (Å²) in [7, 11) is 0. The van der Waals surface area contributed by atoms with Crippen LogP contribution in [-0.4, -0.2) is 69.0 Å². The first-order valence-corrected chi connectivity index (χ1v) is 13.4. The van der Waals surface area contributed by atoms with Crippen molar-refractivity contribution in [3.05, 3.63) is 48.5 Å². The van der Waals surface area contributed by atoms with Crippen molar-refractivity contribution in [3.63, 3.8) is 0 Å². The molecule has 0 spiro atoms. The molecule has 9 heteroatoms. The number of anilines is 3. The van der Waals surface area contributed by atoms with Crippen molar-refractivity contribution in [1.82, 2.24) is 10.2 Å². The number of rotatable bonds is 9. The second kappa shape index (κ2) is 13.7. The number of nitrogens with zero attached hydrogens (tertiary/aromatic N) is 2. The quantitative estimate of drug-likeness (QED) is 0.445. The number of hydrogen-bond donors (Lipinski definition) is 3. The first-order valence-electron chi connectivity index (χ1n) is 13.4. The Kier molecular flexibility index (Phi) is 9.88. The minimum atomic E-state index is -0.484. The zero-order chi connectivity index (χ0) is 25.9. The molecule has 9 nitrogen and oxygen atoms in total. The summed E-state index contributed by atoms with van der Waals surface area (Å²) in [5.41, 5.74) is 2.50. The summed E-state index contributed by atoms with van der Waals surface area (Å²) in [5, 5.41) is 8.85. The molecule has 3 N–H and O–H groups in total. The molecule has 1 aliphatic carbocycles. The molecule has 0 bridgehead atoms. The summed E-state index contributed by atoms with van der Waals surface area (Å²) in [6, 6.07) is 15.5. The Balaban J connectivity index is 1.17. The van der Waals surface area contributed by atoms with Crippen LogP contribution in [0.15, 0.2) is 48.5 Å². The highest BCUT2D eigenvalue weighted by Gasteiger charge is 2.19. The smallest absolute Gasteiger partial charge is 0.411 e. The average Bonchev–Trinajstić information content (AvgIpc) is 2.91. The lowest BCUT2D eigenvalue weighted by molar-refractivity contribution is 0.137. The van der Waals surface area contributed by atoms with E-state index in [0.717, 1.165) is 50.4 Å². The van der Waals surface area contributed by atoms with Crippen LogP contribution in [0.2, 0.25) is 0 Å². The number of hydrogen-bond acceptors (Lipinski definition) is 6. The van der Waals surface area contributed by atoms with Gasteiger partial charge in [-0.15, -0.1) is 0 Å². The number of urea groups is 1. The molecule has 3 amide bonds. The Morgan fingerprint density at radius 1 is 0.946 bits per heavy atom. The summed E-state index contributed by atoms with van der Waals surface area (Å²) in [6.07, 6.45) is 5.29. The molecule has 0 unspecified atom stereocenters. The number of carbonyl (C=O) groups is 2. The number of piperazine rings is 1. The molecule has 1 heterocycles. The number of para-hydroxylation sites is 2. The lowest BCUT2D eigenvalue weighted by Gasteiger charge is -2.36. The van der Waals surface area contributed by atoms with E-state index in [2.05, 4.69) is 31.8 Å². The molecule has 200 valence electrons. The van der Waals surface area contributed by atoms with E-state index in [4.69, 9.17) is 9.47 Å². The molecule has 2 aromatic rings. The highest BCUT2D eigenvalue weighted by atomic mass is 16.5. The molecule has 4 rings (SSSR count). The molecule has 1 saturated heterocycles. The van der Waals surface area contributed by atoms with Gasteiger partial charge in [-0.05, 0) is 50.1 Å². The Bertz CT molecular complexity index is 1020. The van der Waals surface area contributed by atoms with Gasteiger partial charge in [-0.1, -0.05) is 37.5 Å². The van der Waals surface area contributed by atoms with Gasteiger partial charge in [0.1, 0.15) is 12.4 Å². The number of amides is 3. The van der Waals surface area contributed by atoms with Crippen LogP contribution in [0.25, 0.3) is 0 Å². The van der Waals surface area contributed by atoms with Crippen molar-refractivity contribution in [2.75, 3.05) is 61.5 Å². The standard InChI is InChI=1S/C28H39N5O4/c1-2-36-26-14-7-6-13-25(26)31-28(35)37-20-19-32-15-17-33(18-16-32)24-12-8-11-23(21-24)30-27(34)29-22-9-4-3-5-10-22/h6-8,11-14,21-22H,2-5,9-10,15-20H2,1H3,(H,31,35)(H2,29,30,34). The fraction of sp³-hybridized carbons (Fsp3) is 0.500. The average molecular weight is 510 g/mol. The summed E-state index contributed by atoms with van der Waals surface area (Å²) < 4.78 is 10.9. The first kappa shape index (κ1) is 26.6. The maximum absolute atomic E-state index is 12.4. The second-order valence-electron chi connectivity index (χ2n) is 9.50. The summed E-state index contributed by atoms with van der Waals surface area (Å²) in [5.74, 6) is 0.627. The van der Waals surface area contributed by atoms with E-state index in [1.54, 1.807) is 6.07 Å². The monoisotopic (exact) mass is 509 g/mol. The van der Waals surface area contributed by atoms with Gasteiger partial charge in [0.15, 0.2) is 0 Å². The van der Waals surface area contributed by atoms with Crippen LogP contribution in [0.1, 0.15) is 39.0 Å². The number of nitrogens with one attached hydrogen (secondary N) is 3. The maximum atomic E-state index is 12.4. The second-order valence-corrected chi connectivity index (χ2v) is 9.50. The van der Waals surface area contributed by atoms with Gasteiger partial charge in [0.05, 0.1) is 12.3 Å². The third-order valence-electron chi connectivity index (χ3n) is 6.85. The van der Waals surface area contributed by atoms with Crippen molar-refractivity contribution in [3.8, 4) is 5.75 Å². The lowest BCUT2D eigenvalue weighted by atomic mass is 9.96. The van der Waals surface area contributed by atoms with Crippen molar-refractivity contribution in [2.45, 2.75) is 45.1 Å². The predicted molar refractivity (Wildman–Crippen MR) is 147 cm³/mol. The number of carbonyl (C=O) groups excluding carboxylic acids is 2. The van der Waals surface area contributed by atoms with Crippen molar-refractivity contribution >= 4 is 29.2 Å². The fourth-order valence-corrected chi connectivity index (χ4v) is 4.87. The Morgan fingerprint density at radius 2 is 1.73 bits per heavy atom. The summed E-state index contributed by atoms with van der Waals surface area (Å²) in [6.45, 7) is 6.90. The fourth-order valence-electron chi connectivity index (χ4n) is 4.87. The van der Waals surface area contributed by atoms with E-state index < -0.39 is 6.09 Å². The highest BCUT2D eigenvalue weighted by Crippen LogP contribution is 2.24. The van der Waals surface area contributed by atoms with E-state index in [9.17, 15) is 9.59 Å². The van der Waals surface area contributed by atoms with E-state index in [1.165, 1.54) is 19.3 Å². The van der Waals surface area contributed by atoms with Gasteiger partial charge < -0.3 is 25.0 Å². The SMILES string of the molecule is CCOc1ccccc1NC(=O)OCCN1CCN(c2cccc(NC(=O)NC3CCCCC3)c2)CC1. The van der Waals surface area contributed by atoms with Gasteiger partial charge in [0.25, 0.3) is 0 Å². The van der Waals surface area contributed by atoms with Crippen LogP contribution in [-0.2, 0) is 4.74 Å². The normalized spacial score (nSPS) is 16.6. The van der Waals surface area contributed by atoms with Gasteiger partial charge in [-0.25, -0.2) is 9.59 Å². The van der Waals surface area contributed by atoms with E-state index in [0.29, 0.717) is 31.2 Å². The van der Waals surface area contributed by atoms with Crippen molar-refractivity contribution in [2.24, 2.45) is 0 Å². The maximum Gasteiger partial charge on any atom is 0.411 e. The Labute approximate surface area is 219 Å². The van der Waals surface area contributed by atoms with Crippen molar-refractivity contribution < 1.29 is 19.1 Å². The van der Waals surface area contributed by atoms with Crippen LogP contribution >= 0.6 is 0 Å². The van der Waals surface area contributed by atoms with Crippen molar-refractivity contribution in [1.29, 1.82) is 0 Å². The third-order valence-corrected chi connectivity index (χ3v) is 6.85. The predicted octanol–water partition coefficient (Wildman–Crippen LogP) is 4.91. The van der Waals surface area contributed by atoms with E-state index in [-0.39, 0.29) is 12.1 Å². The van der Waals surface area contributed by atoms with Gasteiger partial charge in [-0.2, -0.15) is 0 Å². The third kappa shape index (κ3) is 8.28. The Hall–Kier alpha value is -3.46. The number of benzene rings is 2. The Morgan fingerprint density at radius 3 is 2.51 bits per heavy atom. The van der Waals surface area contributed by atoms with Crippen LogP contribution < -0.4 is 25.6 Å². The molecule has 0 radical (unpaired) electrons. The first-order chi connectivity index (χ1) is 18.1. The van der Waals surface area contributed by atoms with Gasteiger partial charge in [-0.3, -0.25) is 10.2 Å². The van der Waals surface area contributed by atoms with E-state index >= 15 is 0 Å². The van der Waals surface area contributed by atoms with Crippen LogP contribution in [0, 0.1) is 0 Å². The van der Waals surface area contributed by atoms with Gasteiger partial charge in [0, 0.05) is 50.1 Å². The topological polar surface area (TPSA) is 95.2 Å². The lowest BCUT2D eigenvalue weighted by Crippen LogP contribution is -2.47. The molecule has 0 aromatic heterocycles. The van der Waals surface area contributed by atoms with E-state index in [1.807, 2.05) is 43.3 Å². The molecule has 1 saturated carbocycles. The molecule has 37 heavy (non-hydrogen) atoms. The molecule has 2 aliphatic rings. The van der Waals surface area contributed by atoms with Crippen LogP contribution in [0.4, 0.5) is 26.7 Å². The molecule has 2 aromatic carbocycles. The minimum Gasteiger partial charge on any atom is -0.492 e. The molecular weight excluding hydrogens is 470 g/mol. The summed E-state index contributed by atoms with van der Waals surface area (Å²) in [4.78, 5) is 29.2. The molecule has 0 atom stereocenters. The zero-order valence-electron chi connectivity index (χ0n) is 21.7. The van der Waals surface area contributed by atoms with Crippen LogP contribution in [0.3, 0.4) is 0 Å². The summed E-state index contributed by atoms with van der Waals surface area (Å²) >= 11 is 0. The molecular formula is C28H39N5O4.